The van der Waals surface area contributed by atoms with Crippen molar-refractivity contribution in [2.45, 2.75) is 23.0 Å². The number of aliphatic carboxylic acids is 1. The summed E-state index contributed by atoms with van der Waals surface area (Å²) in [7, 11) is -2.50. The topological polar surface area (TPSA) is 104 Å². The minimum Gasteiger partial charge on any atom is -0.497 e. The molecule has 1 aliphatic carbocycles. The Hall–Kier alpha value is -2.85. The predicted molar refractivity (Wildman–Crippen MR) is 93.6 cm³/mol. The van der Waals surface area contributed by atoms with Gasteiger partial charge in [0.15, 0.2) is 15.3 Å². The molecular formula is C19H17NO5S. The van der Waals surface area contributed by atoms with E-state index in [0.717, 1.165) is 5.56 Å². The number of carbonyl (C=O) groups is 1. The molecule has 7 heteroatoms. The molecule has 0 aromatic heterocycles. The van der Waals surface area contributed by atoms with Crippen molar-refractivity contribution in [3.63, 3.8) is 0 Å². The average Bonchev–Trinajstić information content (AvgIpc) is 3.34. The number of nitriles is 1. The van der Waals surface area contributed by atoms with Crippen molar-refractivity contribution in [2.24, 2.45) is 5.41 Å². The number of nitrogens with zero attached hydrogens (tertiary/aromatic N) is 1. The Bertz CT molecular complexity index is 990. The number of carboxylic acids is 1. The monoisotopic (exact) mass is 371 g/mol. The van der Waals surface area contributed by atoms with Crippen molar-refractivity contribution < 1.29 is 23.1 Å². The van der Waals surface area contributed by atoms with E-state index in [1.807, 2.05) is 6.92 Å². The third-order valence-electron chi connectivity index (χ3n) is 4.83. The number of rotatable bonds is 5. The highest BCUT2D eigenvalue weighted by Gasteiger charge is 2.77. The zero-order valence-electron chi connectivity index (χ0n) is 14.2. The highest BCUT2D eigenvalue weighted by molar-refractivity contribution is 7.92. The zero-order valence-corrected chi connectivity index (χ0v) is 15.0. The van der Waals surface area contributed by atoms with Crippen LogP contribution >= 0.6 is 0 Å². The van der Waals surface area contributed by atoms with Crippen molar-refractivity contribution in [1.82, 2.24) is 0 Å². The third kappa shape index (κ3) is 2.54. The molecule has 0 amide bonds. The first-order valence-corrected chi connectivity index (χ1v) is 9.43. The van der Waals surface area contributed by atoms with Crippen LogP contribution in [0.5, 0.6) is 5.75 Å². The first-order valence-electron chi connectivity index (χ1n) is 7.88. The molecule has 134 valence electrons. The van der Waals surface area contributed by atoms with Crippen LogP contribution in [0.1, 0.15) is 17.0 Å². The molecule has 26 heavy (non-hydrogen) atoms. The molecule has 0 heterocycles. The summed E-state index contributed by atoms with van der Waals surface area (Å²) in [6.45, 7) is 1.82. The number of hydrogen-bond acceptors (Lipinski definition) is 5. The van der Waals surface area contributed by atoms with E-state index in [-0.39, 0.29) is 4.90 Å². The van der Waals surface area contributed by atoms with Crippen LogP contribution in [-0.4, -0.2) is 31.9 Å². The number of hydrogen-bond donors (Lipinski definition) is 1. The van der Waals surface area contributed by atoms with E-state index in [4.69, 9.17) is 4.74 Å². The van der Waals surface area contributed by atoms with Crippen LogP contribution in [0.15, 0.2) is 53.4 Å². The minimum absolute atomic E-state index is 0.0185. The lowest BCUT2D eigenvalue weighted by Gasteiger charge is -2.05. The van der Waals surface area contributed by atoms with Crippen LogP contribution in [0.3, 0.4) is 0 Å². The van der Waals surface area contributed by atoms with Crippen molar-refractivity contribution in [3.8, 4) is 11.8 Å². The van der Waals surface area contributed by atoms with E-state index in [0.29, 0.717) is 11.3 Å². The lowest BCUT2D eigenvalue weighted by atomic mass is 10.0. The quantitative estimate of drug-likeness (QED) is 0.866. The fourth-order valence-electron chi connectivity index (χ4n) is 3.34. The van der Waals surface area contributed by atoms with Gasteiger partial charge in [0, 0.05) is 5.92 Å². The second kappa shape index (κ2) is 6.15. The van der Waals surface area contributed by atoms with Gasteiger partial charge < -0.3 is 9.84 Å². The summed E-state index contributed by atoms with van der Waals surface area (Å²) in [5.41, 5.74) is -0.634. The summed E-state index contributed by atoms with van der Waals surface area (Å²) in [6.07, 6.45) is 0. The maximum absolute atomic E-state index is 13.1. The molecule has 3 atom stereocenters. The summed E-state index contributed by atoms with van der Waals surface area (Å²) in [5.74, 6) is -1.81. The average molecular weight is 371 g/mol. The van der Waals surface area contributed by atoms with E-state index in [9.17, 15) is 23.6 Å². The largest absolute Gasteiger partial charge is 0.497 e. The lowest BCUT2D eigenvalue weighted by Crippen LogP contribution is -2.22. The molecule has 1 N–H and O–H groups in total. The Balaban J connectivity index is 2.10. The van der Waals surface area contributed by atoms with Crippen molar-refractivity contribution in [3.05, 3.63) is 59.7 Å². The third-order valence-corrected chi connectivity index (χ3v) is 7.07. The molecular weight excluding hydrogens is 354 g/mol. The molecule has 3 rings (SSSR count). The van der Waals surface area contributed by atoms with Crippen LogP contribution in [0, 0.1) is 23.7 Å². The highest BCUT2D eigenvalue weighted by Crippen LogP contribution is 2.64. The lowest BCUT2D eigenvalue weighted by molar-refractivity contribution is -0.141. The fraction of sp³-hybridized carbons (Fsp3) is 0.263. The van der Waals surface area contributed by atoms with E-state index in [1.54, 1.807) is 42.5 Å². The van der Waals surface area contributed by atoms with Gasteiger partial charge >= 0.3 is 5.97 Å². The van der Waals surface area contributed by atoms with Crippen LogP contribution in [0.25, 0.3) is 0 Å². The van der Waals surface area contributed by atoms with Crippen LogP contribution in [0.2, 0.25) is 0 Å². The Morgan fingerprint density at radius 2 is 1.73 bits per heavy atom. The summed E-state index contributed by atoms with van der Waals surface area (Å²) in [6, 6.07) is 14.4. The fourth-order valence-corrected chi connectivity index (χ4v) is 5.59. The van der Waals surface area contributed by atoms with E-state index in [1.165, 1.54) is 19.2 Å². The SMILES string of the molecule is COc1ccc([C@@H]2[C@@H](S(=O)(=O)c3ccc(C)cc3)[C@]2(C#N)C(=O)O)cc1. The maximum atomic E-state index is 13.1. The van der Waals surface area contributed by atoms with Gasteiger partial charge in [0.1, 0.15) is 11.0 Å². The molecule has 1 saturated carbocycles. The Kier molecular flexibility index (Phi) is 4.24. The van der Waals surface area contributed by atoms with Gasteiger partial charge in [0.25, 0.3) is 0 Å². The Morgan fingerprint density at radius 3 is 2.19 bits per heavy atom. The molecule has 2 aromatic carbocycles. The first kappa shape index (κ1) is 18.0. The van der Waals surface area contributed by atoms with Gasteiger partial charge in [-0.15, -0.1) is 0 Å². The Labute approximate surface area is 151 Å². The van der Waals surface area contributed by atoms with Gasteiger partial charge in [-0.2, -0.15) is 5.26 Å². The van der Waals surface area contributed by atoms with Gasteiger partial charge in [0.05, 0.1) is 18.1 Å². The van der Waals surface area contributed by atoms with Gasteiger partial charge in [-0.1, -0.05) is 29.8 Å². The van der Waals surface area contributed by atoms with E-state index in [2.05, 4.69) is 0 Å². The number of sulfone groups is 1. The molecule has 0 spiro atoms. The predicted octanol–water partition coefficient (Wildman–Crippen LogP) is 2.54. The van der Waals surface area contributed by atoms with Gasteiger partial charge in [-0.3, -0.25) is 4.79 Å². The molecule has 0 radical (unpaired) electrons. The zero-order chi connectivity index (χ0) is 19.1. The minimum atomic E-state index is -3.99. The normalized spacial score (nSPS) is 24.5. The molecule has 0 aliphatic heterocycles. The standard InChI is InChI=1S/C19H17NO5S/c1-12-3-9-15(10-4-12)26(23,24)17-16(19(17,11-20)18(21)22)13-5-7-14(25-2)8-6-13/h3-10,16-17H,1-2H3,(H,21,22)/t16-,17-,19-/m1/s1. The Morgan fingerprint density at radius 1 is 1.15 bits per heavy atom. The van der Waals surface area contributed by atoms with Crippen LogP contribution in [-0.2, 0) is 14.6 Å². The van der Waals surface area contributed by atoms with Crippen LogP contribution < -0.4 is 4.74 Å². The molecule has 2 aromatic rings. The first-order chi connectivity index (χ1) is 12.3. The molecule has 1 fully saturated rings. The second-order valence-electron chi connectivity index (χ2n) is 6.32. The summed E-state index contributed by atoms with van der Waals surface area (Å²) in [4.78, 5) is 11.9. The number of ether oxygens (including phenoxy) is 1. The molecule has 1 aliphatic rings. The molecule has 0 unspecified atom stereocenters. The number of methoxy groups -OCH3 is 1. The van der Waals surface area contributed by atoms with Gasteiger partial charge in [-0.25, -0.2) is 8.42 Å². The molecule has 0 bridgehead atoms. The molecule has 6 nitrogen and oxygen atoms in total. The summed E-state index contributed by atoms with van der Waals surface area (Å²) in [5, 5.41) is 17.9. The van der Waals surface area contributed by atoms with Gasteiger partial charge in [0.2, 0.25) is 0 Å². The van der Waals surface area contributed by atoms with E-state index < -0.39 is 32.4 Å². The summed E-state index contributed by atoms with van der Waals surface area (Å²) >= 11 is 0. The van der Waals surface area contributed by atoms with Crippen LogP contribution in [0.4, 0.5) is 0 Å². The second-order valence-corrected chi connectivity index (χ2v) is 8.38. The number of aryl methyl sites for hydroxylation is 1. The molecule has 0 saturated heterocycles. The highest BCUT2D eigenvalue weighted by atomic mass is 32.2. The smallest absolute Gasteiger partial charge is 0.326 e. The summed E-state index contributed by atoms with van der Waals surface area (Å²) < 4.78 is 31.2. The van der Waals surface area contributed by atoms with E-state index >= 15 is 0 Å². The van der Waals surface area contributed by atoms with Crippen molar-refractivity contribution in [2.75, 3.05) is 7.11 Å². The maximum Gasteiger partial charge on any atom is 0.326 e. The van der Waals surface area contributed by atoms with Crippen molar-refractivity contribution >= 4 is 15.8 Å². The van der Waals surface area contributed by atoms with Gasteiger partial charge in [-0.05, 0) is 36.8 Å². The number of benzene rings is 2. The number of carboxylic acid groups (broad SMARTS) is 1. The van der Waals surface area contributed by atoms with Crippen molar-refractivity contribution in [1.29, 1.82) is 5.26 Å².